The molecular weight excluding hydrogens is 174 g/mol. The second-order valence-corrected chi connectivity index (χ2v) is 3.78. The number of nitrogen functional groups attached to an aromatic ring is 1. The normalized spacial score (nSPS) is 10.8. The molecule has 0 amide bonds. The van der Waals surface area contributed by atoms with E-state index in [1.54, 1.807) is 0 Å². The Balaban J connectivity index is 2.98. The number of H-pyrrole nitrogens is 1. The number of aromatic amines is 1. The van der Waals surface area contributed by atoms with Crippen LogP contribution in [0.25, 0.3) is 10.2 Å². The number of nitrogens with two attached hydrogens (primary N) is 1. The van der Waals surface area contributed by atoms with Crippen LogP contribution < -0.4 is 11.3 Å². The molecule has 2 heterocycles. The zero-order valence-electron chi connectivity index (χ0n) is 6.42. The van der Waals surface area contributed by atoms with Crippen molar-refractivity contribution in [1.82, 2.24) is 9.97 Å². The molecule has 12 heavy (non-hydrogen) atoms. The third-order valence-corrected chi connectivity index (χ3v) is 2.56. The Morgan fingerprint density at radius 2 is 2.42 bits per heavy atom. The molecule has 0 aliphatic carbocycles. The second-order valence-electron chi connectivity index (χ2n) is 2.52. The summed E-state index contributed by atoms with van der Waals surface area (Å²) < 4.78 is 0.640. The summed E-state index contributed by atoms with van der Waals surface area (Å²) in [5, 5.41) is 0. The molecule has 62 valence electrons. The third kappa shape index (κ3) is 0.984. The summed E-state index contributed by atoms with van der Waals surface area (Å²) in [5.41, 5.74) is 5.89. The number of nitrogens with zero attached hydrogens (tertiary/aromatic N) is 1. The van der Waals surface area contributed by atoms with Gasteiger partial charge in [0, 0.05) is 4.88 Å². The molecule has 0 bridgehead atoms. The van der Waals surface area contributed by atoms with Crippen molar-refractivity contribution >= 4 is 27.5 Å². The van der Waals surface area contributed by atoms with E-state index in [0.29, 0.717) is 10.2 Å². The van der Waals surface area contributed by atoms with Crippen LogP contribution in [0.3, 0.4) is 0 Å². The lowest BCUT2D eigenvalue weighted by Gasteiger charge is -1.90. The van der Waals surface area contributed by atoms with Gasteiger partial charge < -0.3 is 5.73 Å². The number of aryl methyl sites for hydroxylation is 1. The number of thiophene rings is 1. The maximum atomic E-state index is 11.2. The van der Waals surface area contributed by atoms with Crippen molar-refractivity contribution in [2.75, 3.05) is 5.73 Å². The fourth-order valence-corrected chi connectivity index (χ4v) is 1.92. The minimum atomic E-state index is -0.157. The van der Waals surface area contributed by atoms with E-state index in [1.807, 2.05) is 13.0 Å². The molecule has 0 saturated heterocycles. The average molecular weight is 181 g/mol. The molecule has 0 unspecified atom stereocenters. The van der Waals surface area contributed by atoms with Gasteiger partial charge in [0.15, 0.2) is 0 Å². The van der Waals surface area contributed by atoms with Crippen LogP contribution >= 0.6 is 11.3 Å². The van der Waals surface area contributed by atoms with Crippen LogP contribution in [0.1, 0.15) is 4.88 Å². The van der Waals surface area contributed by atoms with Crippen molar-refractivity contribution in [3.63, 3.8) is 0 Å². The van der Waals surface area contributed by atoms with Crippen molar-refractivity contribution in [2.45, 2.75) is 6.92 Å². The van der Waals surface area contributed by atoms with E-state index in [1.165, 1.54) is 11.3 Å². The fraction of sp³-hybridized carbons (Fsp3) is 0.143. The van der Waals surface area contributed by atoms with Crippen molar-refractivity contribution in [3.8, 4) is 0 Å². The molecule has 4 nitrogen and oxygen atoms in total. The van der Waals surface area contributed by atoms with Crippen LogP contribution in [0.5, 0.6) is 0 Å². The fourth-order valence-electron chi connectivity index (χ4n) is 1.08. The number of nitrogens with one attached hydrogen (secondary N) is 1. The van der Waals surface area contributed by atoms with Crippen LogP contribution in [-0.2, 0) is 0 Å². The van der Waals surface area contributed by atoms with Gasteiger partial charge >= 0.3 is 0 Å². The van der Waals surface area contributed by atoms with Crippen molar-refractivity contribution in [2.24, 2.45) is 0 Å². The second kappa shape index (κ2) is 2.31. The monoisotopic (exact) mass is 181 g/mol. The van der Waals surface area contributed by atoms with E-state index in [2.05, 4.69) is 9.97 Å². The maximum absolute atomic E-state index is 11.2. The van der Waals surface area contributed by atoms with Gasteiger partial charge in [-0.1, -0.05) is 0 Å². The molecule has 0 fully saturated rings. The van der Waals surface area contributed by atoms with E-state index in [-0.39, 0.29) is 11.5 Å². The number of fused-ring (bicyclic) bond motifs is 1. The minimum Gasteiger partial charge on any atom is -0.369 e. The van der Waals surface area contributed by atoms with Gasteiger partial charge in [-0.05, 0) is 13.0 Å². The third-order valence-electron chi connectivity index (χ3n) is 1.52. The highest BCUT2D eigenvalue weighted by Crippen LogP contribution is 2.19. The minimum absolute atomic E-state index is 0.157. The van der Waals surface area contributed by atoms with E-state index in [9.17, 15) is 4.79 Å². The molecule has 0 saturated carbocycles. The molecule has 0 radical (unpaired) electrons. The average Bonchev–Trinajstić information content (AvgIpc) is 2.29. The zero-order chi connectivity index (χ0) is 8.72. The van der Waals surface area contributed by atoms with Gasteiger partial charge in [-0.3, -0.25) is 9.78 Å². The zero-order valence-corrected chi connectivity index (χ0v) is 7.23. The summed E-state index contributed by atoms with van der Waals surface area (Å²) in [5.74, 6) is 0.172. The van der Waals surface area contributed by atoms with Crippen LogP contribution in [0.15, 0.2) is 10.9 Å². The summed E-state index contributed by atoms with van der Waals surface area (Å²) in [7, 11) is 0. The summed E-state index contributed by atoms with van der Waals surface area (Å²) in [4.78, 5) is 18.7. The lowest BCUT2D eigenvalue weighted by atomic mass is 10.4. The van der Waals surface area contributed by atoms with Crippen LogP contribution in [0, 0.1) is 6.92 Å². The molecule has 0 aromatic carbocycles. The van der Waals surface area contributed by atoms with Crippen molar-refractivity contribution in [3.05, 3.63) is 21.3 Å². The van der Waals surface area contributed by atoms with E-state index >= 15 is 0 Å². The molecule has 0 spiro atoms. The first-order valence-electron chi connectivity index (χ1n) is 3.43. The summed E-state index contributed by atoms with van der Waals surface area (Å²) in [6.45, 7) is 1.93. The maximum Gasteiger partial charge on any atom is 0.270 e. The predicted octanol–water partition coefficient (Wildman–Crippen LogP) is 0.875. The van der Waals surface area contributed by atoms with E-state index < -0.39 is 0 Å². The molecule has 3 N–H and O–H groups in total. The molecule has 2 aromatic rings. The van der Waals surface area contributed by atoms with E-state index in [0.717, 1.165) is 4.88 Å². The number of hydrogen-bond donors (Lipinski definition) is 2. The van der Waals surface area contributed by atoms with Crippen LogP contribution in [0.4, 0.5) is 5.95 Å². The van der Waals surface area contributed by atoms with E-state index in [4.69, 9.17) is 5.73 Å². The summed E-state index contributed by atoms with van der Waals surface area (Å²) in [6.07, 6.45) is 0. The molecule has 2 aromatic heterocycles. The Morgan fingerprint density at radius 3 is 3.17 bits per heavy atom. The largest absolute Gasteiger partial charge is 0.369 e. The van der Waals surface area contributed by atoms with Gasteiger partial charge in [0.2, 0.25) is 5.95 Å². The highest BCUT2D eigenvalue weighted by atomic mass is 32.1. The lowest BCUT2D eigenvalue weighted by molar-refractivity contribution is 1.20. The standard InChI is InChI=1S/C7H7N3OS/c1-3-2-4-5(12-3)6(11)10-7(8)9-4/h2H,1H3,(H3,8,9,10,11). The van der Waals surface area contributed by atoms with Gasteiger partial charge in [0.05, 0.1) is 5.52 Å². The highest BCUT2D eigenvalue weighted by molar-refractivity contribution is 7.18. The molecular formula is C7H7N3OS. The number of hydrogen-bond acceptors (Lipinski definition) is 4. The van der Waals surface area contributed by atoms with Gasteiger partial charge in [-0.15, -0.1) is 11.3 Å². The lowest BCUT2D eigenvalue weighted by Crippen LogP contribution is -2.09. The van der Waals surface area contributed by atoms with Crippen LogP contribution in [-0.4, -0.2) is 9.97 Å². The summed E-state index contributed by atoms with van der Waals surface area (Å²) >= 11 is 1.43. The predicted molar refractivity (Wildman–Crippen MR) is 49.4 cm³/mol. The number of anilines is 1. The smallest absolute Gasteiger partial charge is 0.270 e. The Bertz CT molecular complexity index is 485. The molecule has 0 aliphatic heterocycles. The Labute approximate surface area is 72.1 Å². The molecule has 0 atom stereocenters. The van der Waals surface area contributed by atoms with Crippen molar-refractivity contribution in [1.29, 1.82) is 0 Å². The first-order chi connectivity index (χ1) is 5.66. The Morgan fingerprint density at radius 1 is 1.67 bits per heavy atom. The SMILES string of the molecule is Cc1cc2nc(N)[nH]c(=O)c2s1. The van der Waals surface area contributed by atoms with Gasteiger partial charge in [-0.2, -0.15) is 0 Å². The Hall–Kier alpha value is -1.36. The Kier molecular flexibility index (Phi) is 1.41. The van der Waals surface area contributed by atoms with Gasteiger partial charge in [0.25, 0.3) is 5.56 Å². The number of aromatic nitrogens is 2. The summed E-state index contributed by atoms with van der Waals surface area (Å²) in [6, 6.07) is 1.85. The van der Waals surface area contributed by atoms with Gasteiger partial charge in [-0.25, -0.2) is 4.98 Å². The molecule has 5 heteroatoms. The topological polar surface area (TPSA) is 71.8 Å². The molecule has 2 rings (SSSR count). The van der Waals surface area contributed by atoms with Crippen LogP contribution in [0.2, 0.25) is 0 Å². The highest BCUT2D eigenvalue weighted by Gasteiger charge is 2.04. The van der Waals surface area contributed by atoms with Gasteiger partial charge in [0.1, 0.15) is 4.70 Å². The van der Waals surface area contributed by atoms with Crippen molar-refractivity contribution < 1.29 is 0 Å². The quantitative estimate of drug-likeness (QED) is 0.633. The molecule has 0 aliphatic rings. The first kappa shape index (κ1) is 7.30. The number of rotatable bonds is 0. The first-order valence-corrected chi connectivity index (χ1v) is 4.24.